The van der Waals surface area contributed by atoms with Crippen molar-refractivity contribution in [1.29, 1.82) is 0 Å². The summed E-state index contributed by atoms with van der Waals surface area (Å²) >= 11 is 0. The molecule has 0 radical (unpaired) electrons. The number of nitrogens with one attached hydrogen (secondary N) is 1. The molecule has 0 amide bonds. The van der Waals surface area contributed by atoms with Gasteiger partial charge in [-0.15, -0.1) is 5.10 Å². The van der Waals surface area contributed by atoms with Gasteiger partial charge in [0.05, 0.1) is 11.8 Å². The van der Waals surface area contributed by atoms with Crippen molar-refractivity contribution in [1.82, 2.24) is 5.43 Å². The molecule has 1 aromatic rings. The molecule has 1 rings (SSSR count). The van der Waals surface area contributed by atoms with Crippen molar-refractivity contribution in [2.24, 2.45) is 15.9 Å². The van der Waals surface area contributed by atoms with Crippen LogP contribution in [-0.2, 0) is 0 Å². The zero-order chi connectivity index (χ0) is 15.4. The maximum absolute atomic E-state index is 13.1. The highest BCUT2D eigenvalue weighted by Crippen LogP contribution is 2.21. The largest absolute Gasteiger partial charge is 0.364 e. The summed E-state index contributed by atoms with van der Waals surface area (Å²) in [6.45, 7) is 0. The van der Waals surface area contributed by atoms with E-state index in [1.54, 1.807) is 0 Å². The van der Waals surface area contributed by atoms with E-state index in [1.165, 1.54) is 5.43 Å². The molecule has 4 N–H and O–H groups in total. The maximum Gasteiger partial charge on any atom is 0.362 e. The van der Waals surface area contributed by atoms with E-state index >= 15 is 0 Å². The van der Waals surface area contributed by atoms with Crippen LogP contribution in [0.3, 0.4) is 0 Å². The van der Waals surface area contributed by atoms with Gasteiger partial charge in [0.25, 0.3) is 5.96 Å². The number of benzene rings is 1. The molecule has 0 atom stereocenters. The second-order valence-corrected chi connectivity index (χ2v) is 3.10. The van der Waals surface area contributed by atoms with Crippen LogP contribution in [0, 0.1) is 34.0 Å². The van der Waals surface area contributed by atoms with Gasteiger partial charge in [0, 0.05) is 0 Å². The fourth-order valence-corrected chi connectivity index (χ4v) is 1.00. The van der Waals surface area contributed by atoms with Crippen molar-refractivity contribution in [2.75, 3.05) is 0 Å². The molecule has 20 heavy (non-hydrogen) atoms. The quantitative estimate of drug-likeness (QED) is 0.191. The second-order valence-electron chi connectivity index (χ2n) is 3.10. The van der Waals surface area contributed by atoms with Crippen LogP contribution < -0.4 is 11.2 Å². The molecular weight excluding hydrogens is 293 g/mol. The fourth-order valence-electron chi connectivity index (χ4n) is 1.00. The summed E-state index contributed by atoms with van der Waals surface area (Å²) in [4.78, 5) is 10.0. The number of nitrogens with zero attached hydrogens (tertiary/aromatic N) is 3. The summed E-state index contributed by atoms with van der Waals surface area (Å²) in [5, 5.41) is 13.1. The lowest BCUT2D eigenvalue weighted by Gasteiger charge is -2.02. The minimum Gasteiger partial charge on any atom is -0.364 e. The summed E-state index contributed by atoms with van der Waals surface area (Å²) in [6, 6.07) is 0. The summed E-state index contributed by atoms with van der Waals surface area (Å²) < 4.78 is 64.5. The van der Waals surface area contributed by atoms with E-state index in [0.29, 0.717) is 0 Å². The van der Waals surface area contributed by atoms with Crippen LogP contribution in [0.4, 0.5) is 22.0 Å². The topological polar surface area (TPSA) is 103 Å². The molecule has 0 aromatic heterocycles. The standard InChI is InChI=1S/C8H5F5N5O2/c9-3-2(1-15-16-8(14)17-18(19)20)4(10)6(12)7(13)5(3)11/h1H,(H,19,20)(H3,14,16,17)/q+1/b15-1+. The van der Waals surface area contributed by atoms with Gasteiger partial charge in [-0.2, -0.15) is 5.10 Å². The first-order valence-corrected chi connectivity index (χ1v) is 4.56. The van der Waals surface area contributed by atoms with Crippen LogP contribution >= 0.6 is 0 Å². The number of halogens is 5. The Labute approximate surface area is 106 Å². The minimum atomic E-state index is -2.32. The van der Waals surface area contributed by atoms with Gasteiger partial charge in [0.15, 0.2) is 23.3 Å². The summed E-state index contributed by atoms with van der Waals surface area (Å²) in [7, 11) is 0. The van der Waals surface area contributed by atoms with E-state index < -0.39 is 45.6 Å². The van der Waals surface area contributed by atoms with Crippen molar-refractivity contribution in [2.45, 2.75) is 0 Å². The molecule has 0 aliphatic carbocycles. The predicted molar refractivity (Wildman–Crippen MR) is 54.0 cm³/mol. The monoisotopic (exact) mass is 298 g/mol. The molecule has 0 bridgehead atoms. The molecule has 0 heterocycles. The Morgan fingerprint density at radius 2 is 1.55 bits per heavy atom. The van der Waals surface area contributed by atoms with Gasteiger partial charge >= 0.3 is 5.03 Å². The summed E-state index contributed by atoms with van der Waals surface area (Å²) in [6.07, 6.45) is 0.192. The molecule has 108 valence electrons. The lowest BCUT2D eigenvalue weighted by atomic mass is 10.2. The Hall–Kier alpha value is -2.79. The third-order valence-electron chi connectivity index (χ3n) is 1.81. The first kappa shape index (κ1) is 15.3. The van der Waals surface area contributed by atoms with E-state index in [4.69, 9.17) is 10.9 Å². The lowest BCUT2D eigenvalue weighted by Crippen LogP contribution is -2.36. The van der Waals surface area contributed by atoms with Crippen LogP contribution in [-0.4, -0.2) is 22.4 Å². The molecule has 0 aliphatic heterocycles. The first-order valence-electron chi connectivity index (χ1n) is 4.56. The van der Waals surface area contributed by atoms with Crippen LogP contribution in [0.2, 0.25) is 0 Å². The van der Waals surface area contributed by atoms with E-state index in [9.17, 15) is 26.9 Å². The van der Waals surface area contributed by atoms with Gasteiger partial charge in [-0.1, -0.05) is 0 Å². The molecule has 0 saturated heterocycles. The molecule has 0 unspecified atom stereocenters. The van der Waals surface area contributed by atoms with Gasteiger partial charge in [-0.3, -0.25) is 0 Å². The molecule has 7 nitrogen and oxygen atoms in total. The van der Waals surface area contributed by atoms with Crippen molar-refractivity contribution < 1.29 is 32.2 Å². The maximum atomic E-state index is 13.1. The average Bonchev–Trinajstić information content (AvgIpc) is 2.37. The van der Waals surface area contributed by atoms with Gasteiger partial charge in [-0.25, -0.2) is 27.2 Å². The van der Waals surface area contributed by atoms with Crippen LogP contribution in [0.1, 0.15) is 5.56 Å². The van der Waals surface area contributed by atoms with E-state index in [2.05, 4.69) is 10.2 Å². The minimum absolute atomic E-state index is 0.192. The van der Waals surface area contributed by atoms with E-state index in [-0.39, 0.29) is 6.21 Å². The summed E-state index contributed by atoms with van der Waals surface area (Å²) in [5.41, 5.74) is 5.02. The third-order valence-corrected chi connectivity index (χ3v) is 1.81. The number of nitrogens with two attached hydrogens (primary N) is 1. The third kappa shape index (κ3) is 3.15. The molecule has 0 fully saturated rings. The summed E-state index contributed by atoms with van der Waals surface area (Å²) in [5.74, 6) is -11.6. The first-order chi connectivity index (χ1) is 9.25. The predicted octanol–water partition coefficient (Wildman–Crippen LogP) is 0.703. The van der Waals surface area contributed by atoms with Crippen molar-refractivity contribution >= 4 is 12.2 Å². The molecule has 1 aromatic carbocycles. The highest BCUT2D eigenvalue weighted by atomic mass is 19.2. The number of hydrogen-bond donors (Lipinski definition) is 3. The molecular formula is C8H5F5N5O2+. The molecule has 0 saturated carbocycles. The second kappa shape index (κ2) is 5.90. The van der Waals surface area contributed by atoms with Crippen molar-refractivity contribution in [3.63, 3.8) is 0 Å². The molecule has 0 aliphatic rings. The lowest BCUT2D eigenvalue weighted by molar-refractivity contribution is -0.822. The Kier molecular flexibility index (Phi) is 4.50. The molecule has 12 heteroatoms. The van der Waals surface area contributed by atoms with Gasteiger partial charge < -0.3 is 5.73 Å². The van der Waals surface area contributed by atoms with Crippen LogP contribution in [0.15, 0.2) is 10.2 Å². The van der Waals surface area contributed by atoms with E-state index in [1.807, 2.05) is 0 Å². The zero-order valence-electron chi connectivity index (χ0n) is 9.24. The number of guanidine groups is 1. The Morgan fingerprint density at radius 3 is 2.00 bits per heavy atom. The Morgan fingerprint density at radius 1 is 1.10 bits per heavy atom. The average molecular weight is 298 g/mol. The van der Waals surface area contributed by atoms with Gasteiger partial charge in [0.1, 0.15) is 4.91 Å². The van der Waals surface area contributed by atoms with Gasteiger partial charge in [0.2, 0.25) is 5.82 Å². The highest BCUT2D eigenvalue weighted by Gasteiger charge is 2.24. The normalized spacial score (nSPS) is 11.9. The van der Waals surface area contributed by atoms with Crippen LogP contribution in [0.5, 0.6) is 0 Å². The molecule has 0 spiro atoms. The Balaban J connectivity index is 3.14. The number of hydrogen-bond acceptors (Lipinski definition) is 3. The smallest absolute Gasteiger partial charge is 0.362 e. The van der Waals surface area contributed by atoms with E-state index in [0.717, 1.165) is 0 Å². The SMILES string of the molecule is N/C(=N\N=C\c1c(F)c(F)c(F)c(F)c1F)N[N+](=O)O. The van der Waals surface area contributed by atoms with Crippen LogP contribution in [0.25, 0.3) is 0 Å². The van der Waals surface area contributed by atoms with Crippen molar-refractivity contribution in [3.05, 3.63) is 39.6 Å². The highest BCUT2D eigenvalue weighted by molar-refractivity contribution is 5.82. The Bertz CT molecular complexity index is 589. The zero-order valence-corrected chi connectivity index (χ0v) is 9.24. The number of rotatable bonds is 3. The number of hydrazine groups is 1. The fraction of sp³-hybridized carbons (Fsp3) is 0. The van der Waals surface area contributed by atoms with Crippen molar-refractivity contribution in [3.8, 4) is 0 Å². The van der Waals surface area contributed by atoms with Gasteiger partial charge in [-0.05, 0) is 5.43 Å².